The quantitative estimate of drug-likeness (QED) is 0.830. The SMILES string of the molecule is COc1ccc(S(=O)(=O)N(C)CC2(C)COC2)cc1C. The van der Waals surface area contributed by atoms with E-state index in [2.05, 4.69) is 0 Å². The summed E-state index contributed by atoms with van der Waals surface area (Å²) in [6.07, 6.45) is 0. The summed E-state index contributed by atoms with van der Waals surface area (Å²) in [5, 5.41) is 0. The van der Waals surface area contributed by atoms with Crippen LogP contribution in [0.5, 0.6) is 5.75 Å². The third-order valence-electron chi connectivity index (χ3n) is 3.58. The van der Waals surface area contributed by atoms with Crippen LogP contribution in [0.4, 0.5) is 0 Å². The fraction of sp³-hybridized carbons (Fsp3) is 0.571. The minimum Gasteiger partial charge on any atom is -0.496 e. The van der Waals surface area contributed by atoms with Gasteiger partial charge in [-0.05, 0) is 30.7 Å². The van der Waals surface area contributed by atoms with Crippen LogP contribution < -0.4 is 4.74 Å². The van der Waals surface area contributed by atoms with Crippen molar-refractivity contribution < 1.29 is 17.9 Å². The molecule has 1 aliphatic rings. The highest BCUT2D eigenvalue weighted by molar-refractivity contribution is 7.89. The molecule has 0 aliphatic carbocycles. The van der Waals surface area contributed by atoms with Crippen molar-refractivity contribution in [1.82, 2.24) is 4.31 Å². The van der Waals surface area contributed by atoms with Crippen LogP contribution in [0.3, 0.4) is 0 Å². The Kier molecular flexibility index (Phi) is 4.09. The summed E-state index contributed by atoms with van der Waals surface area (Å²) in [7, 11) is -0.295. The topological polar surface area (TPSA) is 55.8 Å². The Hall–Kier alpha value is -1.11. The summed E-state index contributed by atoms with van der Waals surface area (Å²) in [4.78, 5) is 0.294. The molecule has 6 heteroatoms. The molecule has 0 aromatic heterocycles. The number of nitrogens with zero attached hydrogens (tertiary/aromatic N) is 1. The van der Waals surface area contributed by atoms with Crippen LogP contribution in [0, 0.1) is 12.3 Å². The summed E-state index contributed by atoms with van der Waals surface area (Å²) >= 11 is 0. The lowest BCUT2D eigenvalue weighted by atomic mass is 9.89. The van der Waals surface area contributed by atoms with Gasteiger partial charge in [-0.25, -0.2) is 12.7 Å². The molecule has 1 aromatic rings. The Morgan fingerprint density at radius 3 is 2.50 bits per heavy atom. The molecule has 1 fully saturated rings. The molecular weight excluding hydrogens is 278 g/mol. The second kappa shape index (κ2) is 5.35. The summed E-state index contributed by atoms with van der Waals surface area (Å²) in [5.41, 5.74) is 0.726. The van der Waals surface area contributed by atoms with E-state index in [4.69, 9.17) is 9.47 Å². The van der Waals surface area contributed by atoms with Gasteiger partial charge in [0, 0.05) is 19.0 Å². The standard InChI is InChI=1S/C14H21NO4S/c1-11-7-12(5-6-13(11)18-4)20(16,17)15(3)8-14(2)9-19-10-14/h5-7H,8-10H2,1-4H3. The molecule has 1 aliphatic heterocycles. The lowest BCUT2D eigenvalue weighted by molar-refractivity contribution is -0.106. The predicted molar refractivity (Wildman–Crippen MR) is 76.5 cm³/mol. The number of benzene rings is 1. The molecule has 1 heterocycles. The highest BCUT2D eigenvalue weighted by Gasteiger charge is 2.37. The number of ether oxygens (including phenoxy) is 2. The summed E-state index contributed by atoms with van der Waals surface area (Å²) in [6, 6.07) is 4.91. The Morgan fingerprint density at radius 1 is 1.40 bits per heavy atom. The highest BCUT2D eigenvalue weighted by Crippen LogP contribution is 2.30. The second-order valence-electron chi connectivity index (χ2n) is 5.70. The van der Waals surface area contributed by atoms with Crippen LogP contribution in [0.25, 0.3) is 0 Å². The molecule has 0 unspecified atom stereocenters. The van der Waals surface area contributed by atoms with Gasteiger partial charge in [0.05, 0.1) is 25.2 Å². The van der Waals surface area contributed by atoms with Crippen molar-refractivity contribution in [2.75, 3.05) is 33.9 Å². The van der Waals surface area contributed by atoms with E-state index in [0.717, 1.165) is 5.56 Å². The largest absolute Gasteiger partial charge is 0.496 e. The first-order valence-electron chi connectivity index (χ1n) is 6.47. The Labute approximate surface area is 120 Å². The lowest BCUT2D eigenvalue weighted by Crippen LogP contribution is -2.49. The first-order chi connectivity index (χ1) is 9.28. The minimum absolute atomic E-state index is 0.0800. The average Bonchev–Trinajstić information content (AvgIpc) is 2.36. The zero-order valence-electron chi connectivity index (χ0n) is 12.3. The number of rotatable bonds is 5. The van der Waals surface area contributed by atoms with Gasteiger partial charge in [0.25, 0.3) is 0 Å². The molecule has 20 heavy (non-hydrogen) atoms. The first-order valence-corrected chi connectivity index (χ1v) is 7.91. The molecule has 0 saturated carbocycles. The molecule has 0 radical (unpaired) electrons. The van der Waals surface area contributed by atoms with E-state index in [-0.39, 0.29) is 5.41 Å². The van der Waals surface area contributed by atoms with Gasteiger partial charge in [-0.15, -0.1) is 0 Å². The van der Waals surface area contributed by atoms with Crippen LogP contribution >= 0.6 is 0 Å². The van der Waals surface area contributed by atoms with Gasteiger partial charge < -0.3 is 9.47 Å². The average molecular weight is 299 g/mol. The molecule has 5 nitrogen and oxygen atoms in total. The number of methoxy groups -OCH3 is 1. The molecule has 0 atom stereocenters. The van der Waals surface area contributed by atoms with Gasteiger partial charge in [0.2, 0.25) is 10.0 Å². The summed E-state index contributed by atoms with van der Waals surface area (Å²) < 4.78 is 36.8. The van der Waals surface area contributed by atoms with E-state index in [1.165, 1.54) is 4.31 Å². The van der Waals surface area contributed by atoms with Crippen molar-refractivity contribution in [2.45, 2.75) is 18.7 Å². The van der Waals surface area contributed by atoms with Crippen molar-refractivity contribution in [2.24, 2.45) is 5.41 Å². The van der Waals surface area contributed by atoms with E-state index >= 15 is 0 Å². The van der Waals surface area contributed by atoms with Gasteiger partial charge >= 0.3 is 0 Å². The normalized spacial score (nSPS) is 17.9. The molecule has 0 spiro atoms. The summed E-state index contributed by atoms with van der Waals surface area (Å²) in [6.45, 7) is 5.53. The molecule has 112 valence electrons. The molecule has 0 N–H and O–H groups in total. The predicted octanol–water partition coefficient (Wildman–Crippen LogP) is 1.66. The van der Waals surface area contributed by atoms with Crippen LogP contribution in [-0.4, -0.2) is 46.6 Å². The third kappa shape index (κ3) is 2.82. The fourth-order valence-corrected chi connectivity index (χ4v) is 3.76. The highest BCUT2D eigenvalue weighted by atomic mass is 32.2. The van der Waals surface area contributed by atoms with Crippen LogP contribution in [0.2, 0.25) is 0 Å². The van der Waals surface area contributed by atoms with Crippen molar-refractivity contribution in [3.63, 3.8) is 0 Å². The van der Waals surface area contributed by atoms with Crippen molar-refractivity contribution in [1.29, 1.82) is 0 Å². The number of aryl methyl sites for hydroxylation is 1. The minimum atomic E-state index is -3.47. The van der Waals surface area contributed by atoms with E-state index < -0.39 is 10.0 Å². The molecule has 0 bridgehead atoms. The number of sulfonamides is 1. The number of hydrogen-bond donors (Lipinski definition) is 0. The van der Waals surface area contributed by atoms with E-state index in [0.29, 0.717) is 30.4 Å². The molecule has 2 rings (SSSR count). The zero-order chi connectivity index (χ0) is 15.0. The Bertz CT molecular complexity index is 593. The summed E-state index contributed by atoms with van der Waals surface area (Å²) in [5.74, 6) is 0.686. The van der Waals surface area contributed by atoms with Gasteiger partial charge in [0.1, 0.15) is 5.75 Å². The fourth-order valence-electron chi connectivity index (χ4n) is 2.36. The Morgan fingerprint density at radius 2 is 2.05 bits per heavy atom. The Balaban J connectivity index is 2.23. The number of hydrogen-bond acceptors (Lipinski definition) is 4. The van der Waals surface area contributed by atoms with Gasteiger partial charge in [-0.1, -0.05) is 6.92 Å². The van der Waals surface area contributed by atoms with Crippen LogP contribution in [0.15, 0.2) is 23.1 Å². The molecule has 1 saturated heterocycles. The third-order valence-corrected chi connectivity index (χ3v) is 5.38. The molecule has 0 amide bonds. The van der Waals surface area contributed by atoms with E-state index in [1.807, 2.05) is 13.8 Å². The van der Waals surface area contributed by atoms with E-state index in [9.17, 15) is 8.42 Å². The van der Waals surface area contributed by atoms with Crippen LogP contribution in [-0.2, 0) is 14.8 Å². The lowest BCUT2D eigenvalue weighted by Gasteiger charge is -2.40. The smallest absolute Gasteiger partial charge is 0.242 e. The van der Waals surface area contributed by atoms with Gasteiger partial charge in [-0.3, -0.25) is 0 Å². The van der Waals surface area contributed by atoms with Crippen molar-refractivity contribution in [3.05, 3.63) is 23.8 Å². The second-order valence-corrected chi connectivity index (χ2v) is 7.74. The van der Waals surface area contributed by atoms with Gasteiger partial charge in [-0.2, -0.15) is 0 Å². The first kappa shape index (κ1) is 15.3. The zero-order valence-corrected chi connectivity index (χ0v) is 13.2. The molecule has 1 aromatic carbocycles. The monoisotopic (exact) mass is 299 g/mol. The maximum Gasteiger partial charge on any atom is 0.242 e. The maximum atomic E-state index is 12.5. The van der Waals surface area contributed by atoms with Gasteiger partial charge in [0.15, 0.2) is 0 Å². The molecular formula is C14H21NO4S. The van der Waals surface area contributed by atoms with Crippen molar-refractivity contribution >= 4 is 10.0 Å². The maximum absolute atomic E-state index is 12.5. The van der Waals surface area contributed by atoms with E-state index in [1.54, 1.807) is 32.4 Å². The van der Waals surface area contributed by atoms with Crippen LogP contribution in [0.1, 0.15) is 12.5 Å². The van der Waals surface area contributed by atoms with Crippen molar-refractivity contribution in [3.8, 4) is 5.75 Å².